The number of phosphoric ester groups is 1. The number of phosphoric acid groups is 1. The summed E-state index contributed by atoms with van der Waals surface area (Å²) in [5.74, 6) is -1.79. The molecule has 0 aromatic heterocycles. The van der Waals surface area contributed by atoms with Crippen molar-refractivity contribution in [1.29, 1.82) is 0 Å². The Morgan fingerprint density at radius 2 is 0.906 bits per heavy atom. The molecule has 10 nitrogen and oxygen atoms in total. The number of ether oxygens (including phenoxy) is 2. The number of aliphatic carboxylic acids is 1. The summed E-state index contributed by atoms with van der Waals surface area (Å²) >= 11 is 0. The van der Waals surface area contributed by atoms with E-state index in [0.717, 1.165) is 83.5 Å². The van der Waals surface area contributed by atoms with Crippen molar-refractivity contribution < 1.29 is 42.7 Å². The summed E-state index contributed by atoms with van der Waals surface area (Å²) in [7, 11) is -4.63. The molecule has 4 N–H and O–H groups in total. The van der Waals surface area contributed by atoms with Crippen LogP contribution >= 0.6 is 7.82 Å². The first-order valence-electron chi connectivity index (χ1n) is 26.2. The lowest BCUT2D eigenvalue weighted by atomic mass is 10.0. The number of allylic oxidation sites excluding steroid dienone is 8. The van der Waals surface area contributed by atoms with E-state index >= 15 is 0 Å². The zero-order valence-electron chi connectivity index (χ0n) is 41.1. The van der Waals surface area contributed by atoms with Gasteiger partial charge in [-0.2, -0.15) is 0 Å². The highest BCUT2D eigenvalue weighted by atomic mass is 31.2. The summed E-state index contributed by atoms with van der Waals surface area (Å²) in [6.07, 6.45) is 58.9. The van der Waals surface area contributed by atoms with Gasteiger partial charge >= 0.3 is 19.8 Å². The third-order valence-corrected chi connectivity index (χ3v) is 12.3. The van der Waals surface area contributed by atoms with Gasteiger partial charge in [0.1, 0.15) is 12.1 Å². The topological polar surface area (TPSA) is 155 Å². The SMILES string of the molecule is CC/C=C\C/C=C\C/C=C\C/C=C\CCCCCCCCC(=O)OC(COCCCCCCCCCCCCCCCCCCCCCCCCC)COP(=O)(O)OCC(N)C(=O)O. The van der Waals surface area contributed by atoms with Gasteiger partial charge in [-0.3, -0.25) is 18.6 Å². The van der Waals surface area contributed by atoms with Crippen molar-refractivity contribution in [3.8, 4) is 0 Å². The fourth-order valence-electron chi connectivity index (χ4n) is 7.36. The molecule has 0 aliphatic carbocycles. The molecule has 0 heterocycles. The summed E-state index contributed by atoms with van der Waals surface area (Å²) in [4.78, 5) is 33.7. The molecule has 0 rings (SSSR count). The maximum atomic E-state index is 12.7. The van der Waals surface area contributed by atoms with E-state index in [1.54, 1.807) is 0 Å². The van der Waals surface area contributed by atoms with Crippen LogP contribution in [0.2, 0.25) is 0 Å². The van der Waals surface area contributed by atoms with Crippen LogP contribution in [-0.4, -0.2) is 60.5 Å². The number of hydrogen-bond donors (Lipinski definition) is 3. The van der Waals surface area contributed by atoms with Crippen molar-refractivity contribution in [3.63, 3.8) is 0 Å². The fourth-order valence-corrected chi connectivity index (χ4v) is 8.14. The van der Waals surface area contributed by atoms with Crippen LogP contribution < -0.4 is 5.73 Å². The molecule has 0 bridgehead atoms. The van der Waals surface area contributed by atoms with E-state index in [4.69, 9.17) is 29.4 Å². The average molecular weight is 924 g/mol. The Kier molecular flexibility index (Phi) is 47.3. The molecular formula is C53H98NO9P. The van der Waals surface area contributed by atoms with E-state index in [-0.39, 0.29) is 13.0 Å². The molecule has 64 heavy (non-hydrogen) atoms. The minimum Gasteiger partial charge on any atom is -0.480 e. The third-order valence-electron chi connectivity index (χ3n) is 11.4. The van der Waals surface area contributed by atoms with Crippen molar-refractivity contribution >= 4 is 19.8 Å². The van der Waals surface area contributed by atoms with Gasteiger partial charge in [0.2, 0.25) is 0 Å². The fraction of sp³-hybridized carbons (Fsp3) is 0.811. The summed E-state index contributed by atoms with van der Waals surface area (Å²) < 4.78 is 33.5. The highest BCUT2D eigenvalue weighted by molar-refractivity contribution is 7.47. The molecule has 0 aromatic carbocycles. The molecule has 0 spiro atoms. The smallest absolute Gasteiger partial charge is 0.472 e. The van der Waals surface area contributed by atoms with Crippen LogP contribution in [0, 0.1) is 0 Å². The first-order valence-corrected chi connectivity index (χ1v) is 27.7. The lowest BCUT2D eigenvalue weighted by Crippen LogP contribution is -2.34. The van der Waals surface area contributed by atoms with E-state index < -0.39 is 45.1 Å². The number of rotatable bonds is 50. The predicted octanol–water partition coefficient (Wildman–Crippen LogP) is 15.4. The molecule has 0 aliphatic heterocycles. The molecule has 0 saturated heterocycles. The first kappa shape index (κ1) is 61.9. The first-order chi connectivity index (χ1) is 31.2. The maximum Gasteiger partial charge on any atom is 0.472 e. The Balaban J connectivity index is 4.11. The van der Waals surface area contributed by atoms with Crippen LogP contribution in [0.5, 0.6) is 0 Å². The van der Waals surface area contributed by atoms with Crippen LogP contribution in [0.3, 0.4) is 0 Å². The Hall–Kier alpha value is -2.07. The normalized spacial score (nSPS) is 14.1. The van der Waals surface area contributed by atoms with Crippen molar-refractivity contribution in [3.05, 3.63) is 48.6 Å². The highest BCUT2D eigenvalue weighted by Crippen LogP contribution is 2.43. The molecule has 0 radical (unpaired) electrons. The van der Waals surface area contributed by atoms with Crippen molar-refractivity contribution in [2.24, 2.45) is 5.73 Å². The van der Waals surface area contributed by atoms with Gasteiger partial charge in [-0.15, -0.1) is 0 Å². The average Bonchev–Trinajstić information content (AvgIpc) is 3.28. The van der Waals surface area contributed by atoms with Gasteiger partial charge < -0.3 is 25.2 Å². The van der Waals surface area contributed by atoms with E-state index in [9.17, 15) is 19.0 Å². The van der Waals surface area contributed by atoms with Crippen LogP contribution in [0.4, 0.5) is 0 Å². The number of unbranched alkanes of at least 4 members (excludes halogenated alkanes) is 28. The Bertz CT molecular complexity index is 1210. The maximum absolute atomic E-state index is 12.7. The Morgan fingerprint density at radius 3 is 1.36 bits per heavy atom. The van der Waals surface area contributed by atoms with Gasteiger partial charge in [-0.1, -0.05) is 229 Å². The predicted molar refractivity (Wildman–Crippen MR) is 268 cm³/mol. The van der Waals surface area contributed by atoms with Crippen molar-refractivity contribution in [2.45, 2.75) is 251 Å². The second kappa shape index (κ2) is 48.9. The number of esters is 1. The number of carbonyl (C=O) groups excluding carboxylic acids is 1. The van der Waals surface area contributed by atoms with Crippen molar-refractivity contribution in [1.82, 2.24) is 0 Å². The van der Waals surface area contributed by atoms with Crippen molar-refractivity contribution in [2.75, 3.05) is 26.4 Å². The number of nitrogens with two attached hydrogens (primary N) is 1. The zero-order chi connectivity index (χ0) is 46.9. The minimum atomic E-state index is -4.63. The summed E-state index contributed by atoms with van der Waals surface area (Å²) in [6, 6.07) is -1.48. The molecule has 0 aromatic rings. The number of carboxylic acid groups (broad SMARTS) is 1. The number of carboxylic acids is 1. The van der Waals surface area contributed by atoms with E-state index in [2.05, 4.69) is 62.5 Å². The lowest BCUT2D eigenvalue weighted by Gasteiger charge is -2.20. The van der Waals surface area contributed by atoms with Gasteiger partial charge in [-0.25, -0.2) is 4.57 Å². The molecule has 374 valence electrons. The molecule has 0 fully saturated rings. The van der Waals surface area contributed by atoms with Gasteiger partial charge in [0.25, 0.3) is 0 Å². The highest BCUT2D eigenvalue weighted by Gasteiger charge is 2.27. The second-order valence-corrected chi connectivity index (χ2v) is 19.1. The Morgan fingerprint density at radius 1 is 0.516 bits per heavy atom. The van der Waals surface area contributed by atoms with E-state index in [1.165, 1.54) is 128 Å². The van der Waals surface area contributed by atoms with Gasteiger partial charge in [-0.05, 0) is 51.4 Å². The molecule has 11 heteroatoms. The quantitative estimate of drug-likeness (QED) is 0.0232. The van der Waals surface area contributed by atoms with Gasteiger partial charge in [0, 0.05) is 13.0 Å². The molecule has 3 unspecified atom stereocenters. The lowest BCUT2D eigenvalue weighted by molar-refractivity contribution is -0.154. The Labute approximate surface area is 392 Å². The van der Waals surface area contributed by atoms with Crippen LogP contribution in [0.1, 0.15) is 239 Å². The zero-order valence-corrected chi connectivity index (χ0v) is 42.0. The standard InChI is InChI=1S/C53H98NO9P/c1-3-5-7-9-11-13-15-17-19-21-23-24-25-26-28-30-32-34-36-38-40-42-44-46-60-47-50(48-61-64(58,59)62-49-51(54)53(56)57)63-52(55)45-43-41-39-37-35-33-31-29-27-22-20-18-16-14-12-10-8-6-4-2/h6,8,12,14,18,20,27,29,50-51H,3-5,7,9-11,13,15-17,19,21-26,28,30-49,54H2,1-2H3,(H,56,57)(H,58,59)/b8-6-,14-12-,20-18-,29-27-. The molecule has 0 aliphatic rings. The minimum absolute atomic E-state index is 0.0129. The third kappa shape index (κ3) is 47.9. The monoisotopic (exact) mass is 924 g/mol. The summed E-state index contributed by atoms with van der Waals surface area (Å²) in [5, 5.41) is 8.93. The van der Waals surface area contributed by atoms with Gasteiger partial charge in [0.15, 0.2) is 0 Å². The van der Waals surface area contributed by atoms with E-state index in [0.29, 0.717) is 13.0 Å². The summed E-state index contributed by atoms with van der Waals surface area (Å²) in [5.41, 5.74) is 5.38. The number of carbonyl (C=O) groups is 2. The van der Waals surface area contributed by atoms with Crippen LogP contribution in [0.15, 0.2) is 48.6 Å². The second-order valence-electron chi connectivity index (χ2n) is 17.6. The summed E-state index contributed by atoms with van der Waals surface area (Å²) in [6.45, 7) is 3.79. The van der Waals surface area contributed by atoms with Crippen LogP contribution in [-0.2, 0) is 32.7 Å². The molecule has 0 saturated carbocycles. The molecule has 0 amide bonds. The van der Waals surface area contributed by atoms with Crippen LogP contribution in [0.25, 0.3) is 0 Å². The van der Waals surface area contributed by atoms with Gasteiger partial charge in [0.05, 0.1) is 19.8 Å². The molecule has 3 atom stereocenters. The largest absolute Gasteiger partial charge is 0.480 e. The molecular weight excluding hydrogens is 826 g/mol. The number of hydrogen-bond acceptors (Lipinski definition) is 8. The van der Waals surface area contributed by atoms with E-state index in [1.807, 2.05) is 0 Å².